The smallest absolute Gasteiger partial charge is 0.232 e. The van der Waals surface area contributed by atoms with Gasteiger partial charge in [-0.2, -0.15) is 0 Å². The third-order valence-corrected chi connectivity index (χ3v) is 4.36. The molecular weight excluding hydrogens is 335 g/mol. The summed E-state index contributed by atoms with van der Waals surface area (Å²) in [6.45, 7) is 2.07. The number of ether oxygens (including phenoxy) is 2. The van der Waals surface area contributed by atoms with E-state index in [9.17, 15) is 4.39 Å². The average molecular weight is 352 g/mol. The molecule has 0 saturated heterocycles. The monoisotopic (exact) mass is 352 g/mol. The SMILES string of the molecule is CCc1cc(-c2cc3cc(OC)c(F)cc3o2)c2ncc(OC)nc2c1. The lowest BCUT2D eigenvalue weighted by molar-refractivity contribution is 0.387. The van der Waals surface area contributed by atoms with E-state index in [2.05, 4.69) is 16.9 Å². The van der Waals surface area contributed by atoms with Crippen LogP contribution in [0.4, 0.5) is 4.39 Å². The molecule has 2 heterocycles. The van der Waals surface area contributed by atoms with E-state index < -0.39 is 5.82 Å². The summed E-state index contributed by atoms with van der Waals surface area (Å²) in [5.74, 6) is 0.777. The topological polar surface area (TPSA) is 57.4 Å². The van der Waals surface area contributed by atoms with Crippen LogP contribution >= 0.6 is 0 Å². The zero-order valence-electron chi connectivity index (χ0n) is 14.7. The van der Waals surface area contributed by atoms with E-state index in [-0.39, 0.29) is 5.75 Å². The first-order valence-corrected chi connectivity index (χ1v) is 8.24. The summed E-state index contributed by atoms with van der Waals surface area (Å²) in [7, 11) is 2.99. The predicted octanol–water partition coefficient (Wildman–Crippen LogP) is 4.76. The standard InChI is InChI=1S/C20H17FN2O3/c1-4-11-5-13(20-15(6-11)23-19(25-3)10-22-20)17-7-12-8-18(24-2)14(21)9-16(12)26-17/h5-10H,4H2,1-3H3. The van der Waals surface area contributed by atoms with Gasteiger partial charge in [0, 0.05) is 17.0 Å². The van der Waals surface area contributed by atoms with Crippen molar-refractivity contribution in [2.75, 3.05) is 14.2 Å². The number of furan rings is 1. The Morgan fingerprint density at radius 2 is 1.92 bits per heavy atom. The van der Waals surface area contributed by atoms with Crippen molar-refractivity contribution >= 4 is 22.0 Å². The first kappa shape index (κ1) is 16.3. The van der Waals surface area contributed by atoms with Gasteiger partial charge in [0.2, 0.25) is 5.88 Å². The molecule has 0 fully saturated rings. The number of fused-ring (bicyclic) bond motifs is 2. The molecule has 0 aliphatic rings. The van der Waals surface area contributed by atoms with Crippen LogP contribution in [0.25, 0.3) is 33.3 Å². The van der Waals surface area contributed by atoms with Crippen molar-refractivity contribution in [2.24, 2.45) is 0 Å². The van der Waals surface area contributed by atoms with E-state index in [0.29, 0.717) is 22.7 Å². The van der Waals surface area contributed by atoms with Gasteiger partial charge >= 0.3 is 0 Å². The zero-order chi connectivity index (χ0) is 18.3. The van der Waals surface area contributed by atoms with E-state index >= 15 is 0 Å². The summed E-state index contributed by atoms with van der Waals surface area (Å²) >= 11 is 0. The summed E-state index contributed by atoms with van der Waals surface area (Å²) in [6.07, 6.45) is 2.41. The van der Waals surface area contributed by atoms with Crippen molar-refractivity contribution in [3.63, 3.8) is 0 Å². The van der Waals surface area contributed by atoms with Crippen LogP contribution in [0.2, 0.25) is 0 Å². The molecule has 0 aliphatic carbocycles. The average Bonchev–Trinajstić information content (AvgIpc) is 3.08. The van der Waals surface area contributed by atoms with E-state index in [1.54, 1.807) is 19.4 Å². The number of aryl methyl sites for hydroxylation is 1. The van der Waals surface area contributed by atoms with E-state index in [1.807, 2.05) is 18.2 Å². The van der Waals surface area contributed by atoms with Gasteiger partial charge in [-0.15, -0.1) is 0 Å². The summed E-state index contributed by atoms with van der Waals surface area (Å²) in [6, 6.07) is 8.82. The Morgan fingerprint density at radius 3 is 2.65 bits per heavy atom. The summed E-state index contributed by atoms with van der Waals surface area (Å²) in [4.78, 5) is 8.96. The molecule has 0 spiro atoms. The highest BCUT2D eigenvalue weighted by molar-refractivity contribution is 5.94. The van der Waals surface area contributed by atoms with Gasteiger partial charge in [0.25, 0.3) is 0 Å². The van der Waals surface area contributed by atoms with Gasteiger partial charge in [-0.1, -0.05) is 6.92 Å². The Hall–Kier alpha value is -3.15. The lowest BCUT2D eigenvalue weighted by atomic mass is 10.0. The highest BCUT2D eigenvalue weighted by atomic mass is 19.1. The second-order valence-corrected chi connectivity index (χ2v) is 5.91. The normalized spacial score (nSPS) is 11.2. The molecule has 0 N–H and O–H groups in total. The molecule has 0 saturated carbocycles. The van der Waals surface area contributed by atoms with Crippen LogP contribution in [0.3, 0.4) is 0 Å². The Labute approximate surface area is 149 Å². The van der Waals surface area contributed by atoms with Crippen molar-refractivity contribution in [1.29, 1.82) is 0 Å². The molecule has 2 aromatic carbocycles. The third-order valence-electron chi connectivity index (χ3n) is 4.36. The maximum atomic E-state index is 14.0. The molecule has 0 radical (unpaired) electrons. The van der Waals surface area contributed by atoms with Gasteiger partial charge in [0.15, 0.2) is 11.6 Å². The van der Waals surface area contributed by atoms with Crippen LogP contribution in [-0.4, -0.2) is 24.2 Å². The number of aromatic nitrogens is 2. The molecule has 5 nitrogen and oxygen atoms in total. The van der Waals surface area contributed by atoms with E-state index in [1.165, 1.54) is 13.2 Å². The van der Waals surface area contributed by atoms with Crippen molar-refractivity contribution < 1.29 is 18.3 Å². The number of halogens is 1. The van der Waals surface area contributed by atoms with E-state index in [4.69, 9.17) is 13.9 Å². The minimum atomic E-state index is -0.461. The fraction of sp³-hybridized carbons (Fsp3) is 0.200. The van der Waals surface area contributed by atoms with Crippen molar-refractivity contribution in [2.45, 2.75) is 13.3 Å². The first-order chi connectivity index (χ1) is 12.6. The maximum Gasteiger partial charge on any atom is 0.232 e. The molecule has 4 aromatic rings. The van der Waals surface area contributed by atoms with Gasteiger partial charge in [-0.05, 0) is 36.2 Å². The third kappa shape index (κ3) is 2.63. The highest BCUT2D eigenvalue weighted by Crippen LogP contribution is 2.35. The van der Waals surface area contributed by atoms with Gasteiger partial charge in [-0.3, -0.25) is 0 Å². The minimum absolute atomic E-state index is 0.182. The fourth-order valence-corrected chi connectivity index (χ4v) is 2.99. The van der Waals surface area contributed by atoms with Crippen molar-refractivity contribution in [3.8, 4) is 23.0 Å². The second kappa shape index (κ2) is 6.29. The van der Waals surface area contributed by atoms with Crippen molar-refractivity contribution in [3.05, 3.63) is 47.9 Å². The Bertz CT molecular complexity index is 1120. The highest BCUT2D eigenvalue weighted by Gasteiger charge is 2.15. The molecule has 0 bridgehead atoms. The maximum absolute atomic E-state index is 14.0. The minimum Gasteiger partial charge on any atom is -0.494 e. The van der Waals surface area contributed by atoms with Crippen LogP contribution in [0.1, 0.15) is 12.5 Å². The van der Waals surface area contributed by atoms with Gasteiger partial charge in [0.1, 0.15) is 11.3 Å². The second-order valence-electron chi connectivity index (χ2n) is 5.91. The van der Waals surface area contributed by atoms with Crippen LogP contribution < -0.4 is 9.47 Å². The van der Waals surface area contributed by atoms with Crippen molar-refractivity contribution in [1.82, 2.24) is 9.97 Å². The van der Waals surface area contributed by atoms with Crippen LogP contribution in [0.5, 0.6) is 11.6 Å². The Morgan fingerprint density at radius 1 is 1.08 bits per heavy atom. The summed E-state index contributed by atoms with van der Waals surface area (Å²) < 4.78 is 30.1. The molecule has 6 heteroatoms. The number of methoxy groups -OCH3 is 2. The van der Waals surface area contributed by atoms with Crippen LogP contribution in [0.15, 0.2) is 40.9 Å². The lowest BCUT2D eigenvalue weighted by Crippen LogP contribution is -1.94. The summed E-state index contributed by atoms with van der Waals surface area (Å²) in [5, 5.41) is 0.759. The number of benzene rings is 2. The molecule has 0 atom stereocenters. The van der Waals surface area contributed by atoms with Gasteiger partial charge < -0.3 is 13.9 Å². The molecule has 132 valence electrons. The predicted molar refractivity (Wildman–Crippen MR) is 97.2 cm³/mol. The van der Waals surface area contributed by atoms with Crippen LogP contribution in [0, 0.1) is 5.82 Å². The van der Waals surface area contributed by atoms with E-state index in [0.717, 1.165) is 28.5 Å². The molecule has 0 amide bonds. The number of hydrogen-bond donors (Lipinski definition) is 0. The molecule has 26 heavy (non-hydrogen) atoms. The Balaban J connectivity index is 1.96. The lowest BCUT2D eigenvalue weighted by Gasteiger charge is -2.07. The van der Waals surface area contributed by atoms with Gasteiger partial charge in [-0.25, -0.2) is 14.4 Å². The number of nitrogens with zero attached hydrogens (tertiary/aromatic N) is 2. The molecule has 4 rings (SSSR count). The molecule has 0 aliphatic heterocycles. The molecular formula is C20H17FN2O3. The number of hydrogen-bond acceptors (Lipinski definition) is 5. The largest absolute Gasteiger partial charge is 0.494 e. The molecule has 2 aromatic heterocycles. The van der Waals surface area contributed by atoms with Crippen LogP contribution in [-0.2, 0) is 6.42 Å². The quantitative estimate of drug-likeness (QED) is 0.530. The first-order valence-electron chi connectivity index (χ1n) is 8.24. The molecule has 0 unspecified atom stereocenters. The zero-order valence-corrected chi connectivity index (χ0v) is 14.7. The Kier molecular flexibility index (Phi) is 3.95. The number of rotatable bonds is 4. The van der Waals surface area contributed by atoms with Gasteiger partial charge in [0.05, 0.1) is 31.4 Å². The summed E-state index contributed by atoms with van der Waals surface area (Å²) in [5.41, 5.74) is 3.79. The fourth-order valence-electron chi connectivity index (χ4n) is 2.99.